The van der Waals surface area contributed by atoms with E-state index in [1.165, 1.54) is 4.90 Å². The highest BCUT2D eigenvalue weighted by Crippen LogP contribution is 2.20. The Hall–Kier alpha value is -3.26. The monoisotopic (exact) mass is 500 g/mol. The van der Waals surface area contributed by atoms with Crippen molar-refractivity contribution in [2.75, 3.05) is 13.1 Å². The van der Waals surface area contributed by atoms with Crippen LogP contribution in [0.2, 0.25) is 0 Å². The first-order valence-corrected chi connectivity index (χ1v) is 11.6. The van der Waals surface area contributed by atoms with Crippen molar-refractivity contribution in [3.8, 4) is 0 Å². The molecule has 1 aliphatic rings. The Kier molecular flexibility index (Phi) is 12.7. The minimum Gasteiger partial charge on any atom is -0.481 e. The van der Waals surface area contributed by atoms with E-state index in [1.54, 1.807) is 0 Å². The van der Waals surface area contributed by atoms with Gasteiger partial charge in [-0.25, -0.2) is 4.79 Å². The van der Waals surface area contributed by atoms with E-state index < -0.39 is 66.2 Å². The summed E-state index contributed by atoms with van der Waals surface area (Å²) in [5, 5.41) is 23.3. The van der Waals surface area contributed by atoms with Crippen molar-refractivity contribution < 1.29 is 39.0 Å². The van der Waals surface area contributed by atoms with E-state index in [4.69, 9.17) is 22.3 Å². The summed E-state index contributed by atoms with van der Waals surface area (Å²) >= 11 is 0. The Bertz CT molecular complexity index is 792. The van der Waals surface area contributed by atoms with Crippen molar-refractivity contribution in [1.82, 2.24) is 15.5 Å². The number of carboxylic acids is 2. The second kappa shape index (κ2) is 14.9. The average Bonchev–Trinajstić information content (AvgIpc) is 3.28. The Morgan fingerprint density at radius 1 is 0.943 bits per heavy atom. The molecule has 35 heavy (non-hydrogen) atoms. The molecule has 1 aliphatic heterocycles. The lowest BCUT2D eigenvalue weighted by atomic mass is 10.1. The first kappa shape index (κ1) is 29.8. The number of nitrogens with two attached hydrogens (primary N) is 3. The van der Waals surface area contributed by atoms with E-state index in [0.29, 0.717) is 25.8 Å². The fourth-order valence-electron chi connectivity index (χ4n) is 3.75. The summed E-state index contributed by atoms with van der Waals surface area (Å²) in [5.74, 6) is -5.12. The summed E-state index contributed by atoms with van der Waals surface area (Å²) < 4.78 is 0. The number of nitrogens with zero attached hydrogens (tertiary/aromatic N) is 1. The number of amides is 4. The van der Waals surface area contributed by atoms with Crippen molar-refractivity contribution in [2.24, 2.45) is 17.2 Å². The minimum atomic E-state index is -1.27. The van der Waals surface area contributed by atoms with Gasteiger partial charge in [0.2, 0.25) is 23.6 Å². The summed E-state index contributed by atoms with van der Waals surface area (Å²) in [4.78, 5) is 73.2. The number of primary amides is 1. The van der Waals surface area contributed by atoms with Crippen molar-refractivity contribution in [2.45, 2.75) is 82.0 Å². The van der Waals surface area contributed by atoms with Crippen molar-refractivity contribution in [1.29, 1.82) is 0 Å². The first-order valence-electron chi connectivity index (χ1n) is 11.6. The predicted octanol–water partition coefficient (Wildman–Crippen LogP) is -2.38. The third-order valence-electron chi connectivity index (χ3n) is 5.70. The molecule has 0 aromatic carbocycles. The number of nitrogens with one attached hydrogen (secondary N) is 2. The lowest BCUT2D eigenvalue weighted by molar-refractivity contribution is -0.145. The van der Waals surface area contributed by atoms with Gasteiger partial charge in [0.25, 0.3) is 0 Å². The Labute approximate surface area is 202 Å². The Morgan fingerprint density at radius 2 is 1.63 bits per heavy atom. The molecule has 1 saturated heterocycles. The summed E-state index contributed by atoms with van der Waals surface area (Å²) in [6, 6.07) is -4.53. The van der Waals surface area contributed by atoms with Gasteiger partial charge in [-0.3, -0.25) is 24.0 Å². The van der Waals surface area contributed by atoms with Crippen LogP contribution in [-0.4, -0.2) is 87.9 Å². The summed E-state index contributed by atoms with van der Waals surface area (Å²) in [5.41, 5.74) is 16.2. The number of likely N-dealkylation sites (tertiary alicyclic amines) is 1. The smallest absolute Gasteiger partial charge is 0.326 e. The number of carbonyl (C=O) groups is 6. The number of hydrogen-bond acceptors (Lipinski definition) is 8. The lowest BCUT2D eigenvalue weighted by Crippen LogP contribution is -2.56. The van der Waals surface area contributed by atoms with Crippen LogP contribution in [0.25, 0.3) is 0 Å². The summed E-state index contributed by atoms with van der Waals surface area (Å²) in [7, 11) is 0. The molecule has 0 aromatic rings. The van der Waals surface area contributed by atoms with E-state index in [0.717, 1.165) is 0 Å². The van der Waals surface area contributed by atoms with E-state index in [2.05, 4.69) is 10.6 Å². The van der Waals surface area contributed by atoms with Gasteiger partial charge in [0.15, 0.2) is 0 Å². The molecule has 0 spiro atoms. The van der Waals surface area contributed by atoms with Gasteiger partial charge < -0.3 is 42.9 Å². The van der Waals surface area contributed by atoms with Gasteiger partial charge in [-0.1, -0.05) is 0 Å². The molecule has 4 atom stereocenters. The SMILES string of the molecule is NCCCCC(NC(=O)C1CCCN1C(=O)C(CCC(=O)O)NC(=O)C(N)CCC(N)=O)C(=O)O. The standard InChI is InChI=1S/C21H36N6O8/c22-10-2-1-4-14(21(34)35)26-19(32)15-5-3-11-27(15)20(33)13(7-9-17(29)30)25-18(31)12(23)6-8-16(24)28/h12-15H,1-11,22-23H2,(H2,24,28)(H,25,31)(H,26,32)(H,29,30)(H,34,35). The summed E-state index contributed by atoms with van der Waals surface area (Å²) in [6.07, 6.45) is 1.14. The highest BCUT2D eigenvalue weighted by molar-refractivity contribution is 5.94. The molecule has 4 unspecified atom stereocenters. The van der Waals surface area contributed by atoms with Crippen LogP contribution in [-0.2, 0) is 28.8 Å². The van der Waals surface area contributed by atoms with Gasteiger partial charge in [0, 0.05) is 19.4 Å². The molecule has 14 nitrogen and oxygen atoms in total. The van der Waals surface area contributed by atoms with Crippen molar-refractivity contribution >= 4 is 35.6 Å². The zero-order valence-corrected chi connectivity index (χ0v) is 19.6. The van der Waals surface area contributed by atoms with Gasteiger partial charge in [-0.2, -0.15) is 0 Å². The van der Waals surface area contributed by atoms with E-state index in [1.807, 2.05) is 0 Å². The molecular weight excluding hydrogens is 464 g/mol. The van der Waals surface area contributed by atoms with Crippen LogP contribution in [0.3, 0.4) is 0 Å². The fourth-order valence-corrected chi connectivity index (χ4v) is 3.75. The van der Waals surface area contributed by atoms with Crippen molar-refractivity contribution in [3.63, 3.8) is 0 Å². The highest BCUT2D eigenvalue weighted by Gasteiger charge is 2.39. The number of aliphatic carboxylic acids is 2. The topological polar surface area (TPSA) is 248 Å². The molecule has 14 heteroatoms. The van der Waals surface area contributed by atoms with Gasteiger partial charge >= 0.3 is 11.9 Å². The lowest BCUT2D eigenvalue weighted by Gasteiger charge is -2.30. The second-order valence-electron chi connectivity index (χ2n) is 8.48. The molecule has 0 bridgehead atoms. The normalized spacial score (nSPS) is 17.8. The molecule has 0 aromatic heterocycles. The van der Waals surface area contributed by atoms with Crippen LogP contribution in [0, 0.1) is 0 Å². The zero-order valence-electron chi connectivity index (χ0n) is 19.6. The quantitative estimate of drug-likeness (QED) is 0.111. The molecule has 1 heterocycles. The molecule has 4 amide bonds. The van der Waals surface area contributed by atoms with E-state index in [9.17, 15) is 33.9 Å². The Morgan fingerprint density at radius 3 is 2.20 bits per heavy atom. The fraction of sp³-hybridized carbons (Fsp3) is 0.714. The summed E-state index contributed by atoms with van der Waals surface area (Å²) in [6.45, 7) is 0.565. The van der Waals surface area contributed by atoms with Gasteiger partial charge in [-0.15, -0.1) is 0 Å². The molecular formula is C21H36N6O8. The number of rotatable bonds is 16. The van der Waals surface area contributed by atoms with Gasteiger partial charge in [0.1, 0.15) is 18.1 Å². The van der Waals surface area contributed by atoms with Crippen LogP contribution in [0.4, 0.5) is 0 Å². The van der Waals surface area contributed by atoms with Gasteiger partial charge in [-0.05, 0) is 51.5 Å². The molecule has 0 radical (unpaired) electrons. The van der Waals surface area contributed by atoms with Crippen LogP contribution >= 0.6 is 0 Å². The van der Waals surface area contributed by atoms with Crippen LogP contribution in [0.15, 0.2) is 0 Å². The first-order chi connectivity index (χ1) is 16.5. The molecule has 0 aliphatic carbocycles. The largest absolute Gasteiger partial charge is 0.481 e. The molecule has 0 saturated carbocycles. The average molecular weight is 501 g/mol. The number of carbonyl (C=O) groups excluding carboxylic acids is 4. The predicted molar refractivity (Wildman–Crippen MR) is 122 cm³/mol. The molecule has 198 valence electrons. The van der Waals surface area contributed by atoms with Crippen LogP contribution in [0.1, 0.15) is 57.8 Å². The molecule has 1 rings (SSSR count). The molecule has 1 fully saturated rings. The molecule has 10 N–H and O–H groups in total. The number of hydrogen-bond donors (Lipinski definition) is 7. The number of carboxylic acid groups (broad SMARTS) is 2. The van der Waals surface area contributed by atoms with Gasteiger partial charge in [0.05, 0.1) is 6.04 Å². The van der Waals surface area contributed by atoms with E-state index >= 15 is 0 Å². The maximum Gasteiger partial charge on any atom is 0.326 e. The highest BCUT2D eigenvalue weighted by atomic mass is 16.4. The zero-order chi connectivity index (χ0) is 26.5. The third kappa shape index (κ3) is 10.3. The van der Waals surface area contributed by atoms with E-state index in [-0.39, 0.29) is 38.6 Å². The third-order valence-corrected chi connectivity index (χ3v) is 5.70. The van der Waals surface area contributed by atoms with Crippen LogP contribution < -0.4 is 27.8 Å². The van der Waals surface area contributed by atoms with Crippen LogP contribution in [0.5, 0.6) is 0 Å². The Balaban J connectivity index is 2.92. The maximum absolute atomic E-state index is 13.2. The van der Waals surface area contributed by atoms with Crippen molar-refractivity contribution in [3.05, 3.63) is 0 Å². The minimum absolute atomic E-state index is 0.0590. The maximum atomic E-state index is 13.2. The number of unbranched alkanes of at least 4 members (excludes halogenated alkanes) is 1. The second-order valence-corrected chi connectivity index (χ2v) is 8.48.